The number of methoxy groups -OCH3 is 1. The molecule has 4 heterocycles. The summed E-state index contributed by atoms with van der Waals surface area (Å²) in [4.78, 5) is 5.39. The predicted octanol–water partition coefficient (Wildman–Crippen LogP) is 0.903. The standard InChI is InChI=1S/C17H32N4OS/c1-22-9-5-18-17(23)19-11-16-10-14-4-8-21(16)13-15(14)12-20-6-2-3-7-20/h14-16H,2-13H2,1H3,(H2,18,19,23)/t14-,15-,16+/m0/s1. The molecule has 0 radical (unpaired) electrons. The number of likely N-dealkylation sites (tertiary alicyclic amines) is 1. The van der Waals surface area contributed by atoms with Crippen LogP contribution in [0.5, 0.6) is 0 Å². The summed E-state index contributed by atoms with van der Waals surface area (Å²) in [7, 11) is 1.71. The van der Waals surface area contributed by atoms with Crippen LogP contribution in [0.2, 0.25) is 0 Å². The van der Waals surface area contributed by atoms with Crippen LogP contribution >= 0.6 is 12.2 Å². The summed E-state index contributed by atoms with van der Waals surface area (Å²) < 4.78 is 5.03. The molecule has 4 atom stereocenters. The summed E-state index contributed by atoms with van der Waals surface area (Å²) >= 11 is 5.34. The first kappa shape index (κ1) is 17.4. The van der Waals surface area contributed by atoms with E-state index in [2.05, 4.69) is 20.4 Å². The van der Waals surface area contributed by atoms with Crippen LogP contribution < -0.4 is 10.6 Å². The number of fused-ring (bicyclic) bond motifs is 3. The molecule has 1 unspecified atom stereocenters. The smallest absolute Gasteiger partial charge is 0.166 e. The van der Waals surface area contributed by atoms with Crippen LogP contribution in [0.25, 0.3) is 0 Å². The molecule has 4 aliphatic rings. The van der Waals surface area contributed by atoms with Gasteiger partial charge in [0.2, 0.25) is 0 Å². The van der Waals surface area contributed by atoms with Crippen LogP contribution in [0, 0.1) is 11.8 Å². The number of hydrogen-bond acceptors (Lipinski definition) is 4. The van der Waals surface area contributed by atoms with E-state index >= 15 is 0 Å². The van der Waals surface area contributed by atoms with Gasteiger partial charge in [0.05, 0.1) is 6.61 Å². The van der Waals surface area contributed by atoms with Crippen LogP contribution in [-0.4, -0.2) is 80.5 Å². The van der Waals surface area contributed by atoms with Gasteiger partial charge in [-0.2, -0.15) is 0 Å². The average molecular weight is 341 g/mol. The zero-order valence-electron chi connectivity index (χ0n) is 14.4. The van der Waals surface area contributed by atoms with Gasteiger partial charge in [-0.1, -0.05) is 0 Å². The Hall–Kier alpha value is -0.430. The monoisotopic (exact) mass is 340 g/mol. The molecule has 0 saturated carbocycles. The molecule has 0 spiro atoms. The third kappa shape index (κ3) is 4.78. The lowest BCUT2D eigenvalue weighted by molar-refractivity contribution is -0.00799. The molecule has 4 saturated heterocycles. The van der Waals surface area contributed by atoms with Crippen molar-refractivity contribution < 1.29 is 4.74 Å². The lowest BCUT2D eigenvalue weighted by Gasteiger charge is -2.50. The van der Waals surface area contributed by atoms with Crippen molar-refractivity contribution in [3.8, 4) is 0 Å². The topological polar surface area (TPSA) is 39.8 Å². The van der Waals surface area contributed by atoms with Gasteiger partial charge in [0.25, 0.3) is 0 Å². The fraction of sp³-hybridized carbons (Fsp3) is 0.941. The normalized spacial score (nSPS) is 33.8. The summed E-state index contributed by atoms with van der Waals surface area (Å²) in [5.74, 6) is 1.81. The van der Waals surface area contributed by atoms with Gasteiger partial charge in [0.15, 0.2) is 5.11 Å². The third-order valence-electron chi connectivity index (χ3n) is 5.80. The molecule has 0 aliphatic carbocycles. The van der Waals surface area contributed by atoms with Gasteiger partial charge < -0.3 is 20.3 Å². The predicted molar refractivity (Wildman–Crippen MR) is 97.7 cm³/mol. The SMILES string of the molecule is COCCNC(=S)NC[C@H]1C[C@@H]2CCN1C[C@@H]2CN1CCCC1. The number of ether oxygens (including phenoxy) is 1. The fourth-order valence-electron chi connectivity index (χ4n) is 4.51. The maximum Gasteiger partial charge on any atom is 0.166 e. The van der Waals surface area contributed by atoms with Crippen molar-refractivity contribution >= 4 is 17.3 Å². The van der Waals surface area contributed by atoms with Crippen molar-refractivity contribution in [2.24, 2.45) is 11.8 Å². The minimum atomic E-state index is 0.658. The first-order chi connectivity index (χ1) is 11.3. The molecule has 2 N–H and O–H groups in total. The number of nitrogens with one attached hydrogen (secondary N) is 2. The second-order valence-electron chi connectivity index (χ2n) is 7.33. The Labute approximate surface area is 146 Å². The van der Waals surface area contributed by atoms with Crippen molar-refractivity contribution in [1.29, 1.82) is 0 Å². The molecular weight excluding hydrogens is 308 g/mol. The van der Waals surface area contributed by atoms with Crippen molar-refractivity contribution in [3.05, 3.63) is 0 Å². The molecule has 2 bridgehead atoms. The molecule has 5 nitrogen and oxygen atoms in total. The minimum Gasteiger partial charge on any atom is -0.383 e. The van der Waals surface area contributed by atoms with E-state index in [1.165, 1.54) is 58.4 Å². The molecule has 4 aliphatic heterocycles. The molecule has 4 fully saturated rings. The highest BCUT2D eigenvalue weighted by Gasteiger charge is 2.40. The maximum atomic E-state index is 5.34. The molecule has 4 rings (SSSR count). The van der Waals surface area contributed by atoms with Crippen molar-refractivity contribution in [3.63, 3.8) is 0 Å². The molecule has 6 heteroatoms. The van der Waals surface area contributed by atoms with Gasteiger partial charge in [0, 0.05) is 39.3 Å². The van der Waals surface area contributed by atoms with Crippen molar-refractivity contribution in [1.82, 2.24) is 20.4 Å². The van der Waals surface area contributed by atoms with E-state index in [1.54, 1.807) is 7.11 Å². The van der Waals surface area contributed by atoms with Crippen LogP contribution in [0.1, 0.15) is 25.7 Å². The van der Waals surface area contributed by atoms with Gasteiger partial charge in [-0.25, -0.2) is 0 Å². The Kier molecular flexibility index (Phi) is 6.51. The highest BCUT2D eigenvalue weighted by Crippen LogP contribution is 2.36. The highest BCUT2D eigenvalue weighted by molar-refractivity contribution is 7.80. The third-order valence-corrected chi connectivity index (χ3v) is 6.08. The average Bonchev–Trinajstić information content (AvgIpc) is 3.07. The summed E-state index contributed by atoms with van der Waals surface area (Å²) in [5, 5.41) is 7.35. The second-order valence-corrected chi connectivity index (χ2v) is 7.74. The van der Waals surface area contributed by atoms with Gasteiger partial charge in [-0.3, -0.25) is 4.90 Å². The van der Waals surface area contributed by atoms with E-state index < -0.39 is 0 Å². The van der Waals surface area contributed by atoms with Crippen molar-refractivity contribution in [2.45, 2.75) is 31.7 Å². The lowest BCUT2D eigenvalue weighted by atomic mass is 9.75. The van der Waals surface area contributed by atoms with E-state index in [0.29, 0.717) is 12.6 Å². The highest BCUT2D eigenvalue weighted by atomic mass is 32.1. The number of thiocarbonyl (C=S) groups is 1. The molecule has 0 amide bonds. The first-order valence-corrected chi connectivity index (χ1v) is 9.64. The molecule has 132 valence electrons. The summed E-state index contributed by atoms with van der Waals surface area (Å²) in [6, 6.07) is 0.658. The zero-order chi connectivity index (χ0) is 16.1. The first-order valence-electron chi connectivity index (χ1n) is 9.23. The van der Waals surface area contributed by atoms with Gasteiger partial charge in [-0.15, -0.1) is 0 Å². The Morgan fingerprint density at radius 3 is 2.74 bits per heavy atom. The van der Waals surface area contributed by atoms with E-state index in [4.69, 9.17) is 17.0 Å². The Morgan fingerprint density at radius 2 is 2.04 bits per heavy atom. The molecule has 0 aromatic carbocycles. The van der Waals surface area contributed by atoms with E-state index in [9.17, 15) is 0 Å². The lowest BCUT2D eigenvalue weighted by Crippen LogP contribution is -2.58. The van der Waals surface area contributed by atoms with Crippen molar-refractivity contribution in [2.75, 3.05) is 59.5 Å². The number of nitrogens with zero attached hydrogens (tertiary/aromatic N) is 2. The minimum absolute atomic E-state index is 0.658. The van der Waals surface area contributed by atoms with Gasteiger partial charge in [-0.05, 0) is 69.4 Å². The Bertz CT molecular complexity index is 389. The molecule has 0 aromatic heterocycles. The maximum absolute atomic E-state index is 5.34. The zero-order valence-corrected chi connectivity index (χ0v) is 15.2. The molecule has 0 aromatic rings. The largest absolute Gasteiger partial charge is 0.383 e. The Morgan fingerprint density at radius 1 is 1.22 bits per heavy atom. The Balaban J connectivity index is 1.39. The number of piperidine rings is 3. The van der Waals surface area contributed by atoms with Crippen LogP contribution in [0.3, 0.4) is 0 Å². The van der Waals surface area contributed by atoms with Gasteiger partial charge in [0.1, 0.15) is 0 Å². The van der Waals surface area contributed by atoms with E-state index in [-0.39, 0.29) is 0 Å². The fourth-order valence-corrected chi connectivity index (χ4v) is 4.69. The van der Waals surface area contributed by atoms with Gasteiger partial charge >= 0.3 is 0 Å². The van der Waals surface area contributed by atoms with Crippen LogP contribution in [0.4, 0.5) is 0 Å². The van der Waals surface area contributed by atoms with Crippen LogP contribution in [0.15, 0.2) is 0 Å². The number of hydrogen-bond donors (Lipinski definition) is 2. The van der Waals surface area contributed by atoms with E-state index in [0.717, 1.165) is 30.0 Å². The summed E-state index contributed by atoms with van der Waals surface area (Å²) in [5.41, 5.74) is 0. The summed E-state index contributed by atoms with van der Waals surface area (Å²) in [6.45, 7) is 9.00. The quantitative estimate of drug-likeness (QED) is 0.530. The number of rotatable bonds is 7. The molecular formula is C17H32N4OS. The second kappa shape index (κ2) is 8.60. The summed E-state index contributed by atoms with van der Waals surface area (Å²) in [6.07, 6.45) is 5.54. The molecule has 23 heavy (non-hydrogen) atoms. The van der Waals surface area contributed by atoms with Crippen LogP contribution in [-0.2, 0) is 4.74 Å². The van der Waals surface area contributed by atoms with E-state index in [1.807, 2.05) is 0 Å².